The maximum atomic E-state index is 12.3. The average molecular weight is 385 g/mol. The lowest BCUT2D eigenvalue weighted by Gasteiger charge is -2.18. The third-order valence-corrected chi connectivity index (χ3v) is 3.80. The quantitative estimate of drug-likeness (QED) is 0.478. The monoisotopic (exact) mass is 385 g/mol. The molecule has 2 aromatic rings. The van der Waals surface area contributed by atoms with Gasteiger partial charge in [0.2, 0.25) is 5.91 Å². The minimum atomic E-state index is -0.603. The van der Waals surface area contributed by atoms with Crippen molar-refractivity contribution in [3.05, 3.63) is 59.7 Å². The number of hydrogen-bond donors (Lipinski definition) is 3. The highest BCUT2D eigenvalue weighted by Gasteiger charge is 2.18. The molecule has 2 amide bonds. The number of nitrogens with zero attached hydrogens (tertiary/aromatic N) is 1. The van der Waals surface area contributed by atoms with Crippen LogP contribution in [0.2, 0.25) is 0 Å². The summed E-state index contributed by atoms with van der Waals surface area (Å²) in [4.78, 5) is 24.0. The van der Waals surface area contributed by atoms with Gasteiger partial charge in [0.1, 0.15) is 0 Å². The number of amides is 2. The Kier molecular flexibility index (Phi) is 7.83. The molecular weight excluding hydrogens is 362 g/mol. The Morgan fingerprint density at radius 2 is 1.93 bits per heavy atom. The number of carbonyl (C=O) groups is 2. The van der Waals surface area contributed by atoms with E-state index in [1.165, 1.54) is 13.3 Å². The molecule has 0 aromatic heterocycles. The van der Waals surface area contributed by atoms with Gasteiger partial charge in [-0.25, -0.2) is 10.2 Å². The lowest BCUT2D eigenvalue weighted by atomic mass is 10.0. The van der Waals surface area contributed by atoms with Crippen molar-refractivity contribution in [2.75, 3.05) is 13.7 Å². The third-order valence-electron chi connectivity index (χ3n) is 3.80. The van der Waals surface area contributed by atoms with Gasteiger partial charge in [0.15, 0.2) is 11.5 Å². The van der Waals surface area contributed by atoms with Gasteiger partial charge in [0.05, 0.1) is 32.4 Å². The summed E-state index contributed by atoms with van der Waals surface area (Å²) < 4.78 is 9.92. The molecule has 2 rings (SSSR count). The van der Waals surface area contributed by atoms with Crippen molar-refractivity contribution in [2.45, 2.75) is 19.4 Å². The molecule has 0 heterocycles. The van der Waals surface area contributed by atoms with Gasteiger partial charge < -0.3 is 19.9 Å². The second-order valence-corrected chi connectivity index (χ2v) is 5.72. The number of para-hydroxylation sites is 1. The maximum Gasteiger partial charge on any atom is 0.407 e. The standard InChI is InChI=1S/C20H23N3O5/c1-3-28-20(26)22-16(14-8-5-4-6-9-14)12-18(24)23-21-13-15-10-7-11-17(27-2)19(15)25/h4-11,13,16,25H,3,12H2,1-2H3,(H,22,26)(H,23,24)/b21-13-/t16-/m1/s1. The number of hydrogen-bond acceptors (Lipinski definition) is 6. The summed E-state index contributed by atoms with van der Waals surface area (Å²) >= 11 is 0. The van der Waals surface area contributed by atoms with Crippen molar-refractivity contribution in [1.29, 1.82) is 0 Å². The molecule has 0 saturated heterocycles. The van der Waals surface area contributed by atoms with Crippen molar-refractivity contribution in [3.8, 4) is 11.5 Å². The van der Waals surface area contributed by atoms with Crippen LogP contribution in [0.5, 0.6) is 11.5 Å². The number of carbonyl (C=O) groups excluding carboxylic acids is 2. The summed E-state index contributed by atoms with van der Waals surface area (Å²) in [7, 11) is 1.44. The van der Waals surface area contributed by atoms with E-state index in [4.69, 9.17) is 9.47 Å². The predicted octanol–water partition coefficient (Wildman–Crippen LogP) is 2.73. The van der Waals surface area contributed by atoms with Crippen LogP contribution in [0, 0.1) is 0 Å². The Hall–Kier alpha value is -3.55. The molecule has 0 unspecified atom stereocenters. The van der Waals surface area contributed by atoms with Gasteiger partial charge in [-0.05, 0) is 24.6 Å². The summed E-state index contributed by atoms with van der Waals surface area (Å²) in [6.07, 6.45) is 0.671. The fourth-order valence-corrected chi connectivity index (χ4v) is 2.47. The predicted molar refractivity (Wildman–Crippen MR) is 104 cm³/mol. The van der Waals surface area contributed by atoms with Gasteiger partial charge in [0, 0.05) is 5.56 Å². The summed E-state index contributed by atoms with van der Waals surface area (Å²) in [6.45, 7) is 1.93. The fraction of sp³-hybridized carbons (Fsp3) is 0.250. The van der Waals surface area contributed by atoms with E-state index in [-0.39, 0.29) is 18.8 Å². The zero-order chi connectivity index (χ0) is 20.4. The van der Waals surface area contributed by atoms with Crippen molar-refractivity contribution in [1.82, 2.24) is 10.7 Å². The zero-order valence-corrected chi connectivity index (χ0v) is 15.7. The first kappa shape index (κ1) is 20.8. The van der Waals surface area contributed by atoms with Crippen molar-refractivity contribution >= 4 is 18.2 Å². The molecule has 1 atom stereocenters. The number of alkyl carbamates (subject to hydrolysis) is 1. The second kappa shape index (κ2) is 10.6. The number of aromatic hydroxyl groups is 1. The highest BCUT2D eigenvalue weighted by Crippen LogP contribution is 2.27. The minimum Gasteiger partial charge on any atom is -0.504 e. The Labute approximate surface area is 163 Å². The largest absolute Gasteiger partial charge is 0.504 e. The summed E-state index contributed by atoms with van der Waals surface area (Å²) in [5.74, 6) is -0.184. The molecule has 28 heavy (non-hydrogen) atoms. The first-order valence-corrected chi connectivity index (χ1v) is 8.71. The van der Waals surface area contributed by atoms with E-state index >= 15 is 0 Å². The van der Waals surface area contributed by atoms with Crippen LogP contribution in [0.3, 0.4) is 0 Å². The molecule has 8 nitrogen and oxygen atoms in total. The van der Waals surface area contributed by atoms with Crippen LogP contribution in [0.25, 0.3) is 0 Å². The molecule has 0 radical (unpaired) electrons. The van der Waals surface area contributed by atoms with Crippen LogP contribution in [0.1, 0.15) is 30.5 Å². The van der Waals surface area contributed by atoms with E-state index in [9.17, 15) is 14.7 Å². The number of nitrogens with one attached hydrogen (secondary N) is 2. The van der Waals surface area contributed by atoms with Crippen molar-refractivity contribution < 1.29 is 24.2 Å². The van der Waals surface area contributed by atoms with Crippen LogP contribution < -0.4 is 15.5 Å². The Morgan fingerprint density at radius 1 is 1.18 bits per heavy atom. The number of phenolic OH excluding ortho intramolecular Hbond substituents is 1. The van der Waals surface area contributed by atoms with Gasteiger partial charge in [-0.15, -0.1) is 0 Å². The van der Waals surface area contributed by atoms with E-state index in [1.807, 2.05) is 30.3 Å². The lowest BCUT2D eigenvalue weighted by Crippen LogP contribution is -2.33. The molecule has 0 aliphatic carbocycles. The fourth-order valence-electron chi connectivity index (χ4n) is 2.47. The Balaban J connectivity index is 2.02. The summed E-state index contributed by atoms with van der Waals surface area (Å²) in [6, 6.07) is 13.4. The van der Waals surface area contributed by atoms with E-state index in [0.29, 0.717) is 11.3 Å². The van der Waals surface area contributed by atoms with Crippen molar-refractivity contribution in [3.63, 3.8) is 0 Å². The van der Waals surface area contributed by atoms with Crippen molar-refractivity contribution in [2.24, 2.45) is 5.10 Å². The molecule has 2 aromatic carbocycles. The van der Waals surface area contributed by atoms with Crippen LogP contribution in [0.4, 0.5) is 4.79 Å². The van der Waals surface area contributed by atoms with Gasteiger partial charge in [-0.3, -0.25) is 4.79 Å². The maximum absolute atomic E-state index is 12.3. The Bertz CT molecular complexity index is 824. The summed E-state index contributed by atoms with van der Waals surface area (Å²) in [5, 5.41) is 16.5. The van der Waals surface area contributed by atoms with Gasteiger partial charge >= 0.3 is 6.09 Å². The third kappa shape index (κ3) is 6.01. The molecule has 3 N–H and O–H groups in total. The highest BCUT2D eigenvalue weighted by molar-refractivity contribution is 5.86. The number of ether oxygens (including phenoxy) is 2. The highest BCUT2D eigenvalue weighted by atomic mass is 16.5. The van der Waals surface area contributed by atoms with E-state index in [1.54, 1.807) is 25.1 Å². The first-order valence-electron chi connectivity index (χ1n) is 8.71. The van der Waals surface area contributed by atoms with E-state index in [0.717, 1.165) is 5.56 Å². The van der Waals surface area contributed by atoms with Gasteiger partial charge in [0.25, 0.3) is 0 Å². The first-order chi connectivity index (χ1) is 13.5. The molecule has 0 aliphatic rings. The van der Waals surface area contributed by atoms with E-state index in [2.05, 4.69) is 15.8 Å². The number of rotatable bonds is 8. The lowest BCUT2D eigenvalue weighted by molar-refractivity contribution is -0.121. The topological polar surface area (TPSA) is 109 Å². The molecule has 0 fully saturated rings. The second-order valence-electron chi connectivity index (χ2n) is 5.72. The van der Waals surface area contributed by atoms with Crippen LogP contribution >= 0.6 is 0 Å². The van der Waals surface area contributed by atoms with Crippen LogP contribution in [-0.2, 0) is 9.53 Å². The molecule has 0 spiro atoms. The normalized spacial score (nSPS) is 11.6. The SMILES string of the molecule is CCOC(=O)N[C@H](CC(=O)N/N=C\c1cccc(OC)c1O)c1ccccc1. The number of benzene rings is 2. The number of hydrazone groups is 1. The Morgan fingerprint density at radius 3 is 2.61 bits per heavy atom. The smallest absolute Gasteiger partial charge is 0.407 e. The van der Waals surface area contributed by atoms with E-state index < -0.39 is 18.0 Å². The molecule has 0 saturated carbocycles. The van der Waals surface area contributed by atoms with Gasteiger partial charge in [-0.2, -0.15) is 5.10 Å². The van der Waals surface area contributed by atoms with Crippen LogP contribution in [-0.4, -0.2) is 37.0 Å². The van der Waals surface area contributed by atoms with Crippen LogP contribution in [0.15, 0.2) is 53.6 Å². The molecule has 0 bridgehead atoms. The molecular formula is C20H23N3O5. The molecule has 0 aliphatic heterocycles. The average Bonchev–Trinajstić information content (AvgIpc) is 2.69. The molecule has 8 heteroatoms. The molecule has 148 valence electrons. The summed E-state index contributed by atoms with van der Waals surface area (Å²) in [5.41, 5.74) is 3.54. The number of phenols is 1. The van der Waals surface area contributed by atoms with Gasteiger partial charge in [-0.1, -0.05) is 36.4 Å². The number of methoxy groups -OCH3 is 1. The zero-order valence-electron chi connectivity index (χ0n) is 15.7. The minimum absolute atomic E-state index is 0.0374.